The van der Waals surface area contributed by atoms with Crippen molar-refractivity contribution in [3.05, 3.63) is 53.0 Å². The molecule has 0 unspecified atom stereocenters. The molecule has 19 heteroatoms. The Morgan fingerprint density at radius 1 is 1.10 bits per heavy atom. The molecule has 3 rings (SSSR count). The summed E-state index contributed by atoms with van der Waals surface area (Å²) in [5.74, 6) is -3.71. The van der Waals surface area contributed by atoms with Crippen molar-refractivity contribution in [2.45, 2.75) is 45.5 Å². The van der Waals surface area contributed by atoms with Crippen LogP contribution in [0.15, 0.2) is 24.5 Å². The molecule has 3 heterocycles. The quantitative estimate of drug-likeness (QED) is 0.218. The molecule has 1 amide bonds. The Bertz CT molecular complexity index is 1380. The number of fused-ring (bicyclic) bond motifs is 1. The topological polar surface area (TPSA) is 208 Å². The number of aliphatic hydroxyl groups is 1. The van der Waals surface area contributed by atoms with E-state index in [0.29, 0.717) is 0 Å². The number of halogens is 2. The number of esters is 1. The van der Waals surface area contributed by atoms with E-state index in [1.165, 1.54) is 0 Å². The van der Waals surface area contributed by atoms with Gasteiger partial charge in [-0.05, 0) is 39.8 Å². The van der Waals surface area contributed by atoms with Gasteiger partial charge in [0.15, 0.2) is 5.82 Å². The van der Waals surface area contributed by atoms with Crippen LogP contribution in [-0.4, -0.2) is 81.5 Å². The first-order chi connectivity index (χ1) is 18.6. The third kappa shape index (κ3) is 12.2. The summed E-state index contributed by atoms with van der Waals surface area (Å²) in [5, 5.41) is 15.2. The summed E-state index contributed by atoms with van der Waals surface area (Å²) in [4.78, 5) is 30.6. The number of carbonyl (C=O) groups is 2. The average molecular weight is 636 g/mol. The Morgan fingerprint density at radius 2 is 1.61 bits per heavy atom. The minimum absolute atomic E-state index is 0. The van der Waals surface area contributed by atoms with Crippen LogP contribution in [0.25, 0.3) is 0 Å². The van der Waals surface area contributed by atoms with E-state index >= 15 is 0 Å². The molecule has 0 atom stereocenters. The second-order valence-electron chi connectivity index (χ2n) is 8.02. The van der Waals surface area contributed by atoms with E-state index in [-0.39, 0.29) is 64.0 Å². The van der Waals surface area contributed by atoms with Gasteiger partial charge in [0.05, 0.1) is 30.8 Å². The molecule has 14 nitrogen and oxygen atoms in total. The van der Waals surface area contributed by atoms with Crippen molar-refractivity contribution in [2.24, 2.45) is 0 Å². The van der Waals surface area contributed by atoms with E-state index in [4.69, 9.17) is 10.2 Å². The molecule has 2 aromatic heterocycles. The molecular weight excluding hydrogens is 603 g/mol. The summed E-state index contributed by atoms with van der Waals surface area (Å²) in [6.07, 6.45) is 1.70. The number of pyridine rings is 2. The number of sulfonamides is 1. The summed E-state index contributed by atoms with van der Waals surface area (Å²) in [5.41, 5.74) is -0.182. The maximum atomic E-state index is 13.0. The van der Waals surface area contributed by atoms with Crippen LogP contribution < -0.4 is 44.1 Å². The van der Waals surface area contributed by atoms with Crippen molar-refractivity contribution >= 4 is 37.9 Å². The van der Waals surface area contributed by atoms with Gasteiger partial charge in [-0.15, -0.1) is 0 Å². The van der Waals surface area contributed by atoms with E-state index in [1.54, 1.807) is 27.7 Å². The summed E-state index contributed by atoms with van der Waals surface area (Å²) >= 11 is 0. The number of nitrogens with one attached hydrogen (secondary N) is 2. The number of methoxy groups -OCH3 is 1. The number of amides is 1. The van der Waals surface area contributed by atoms with Gasteiger partial charge in [0, 0.05) is 19.2 Å². The second-order valence-corrected chi connectivity index (χ2v) is 11.3. The number of aliphatic hydroxyl groups excluding tert-OH is 1. The molecule has 0 fully saturated rings. The maximum absolute atomic E-state index is 13.0. The number of hydrogen-bond acceptors (Lipinski definition) is 11. The third-order valence-electron chi connectivity index (χ3n) is 4.34. The maximum Gasteiger partial charge on any atom is 1.00 e. The van der Waals surface area contributed by atoms with Crippen molar-refractivity contribution < 1.29 is 79.7 Å². The van der Waals surface area contributed by atoms with Crippen LogP contribution in [0.3, 0.4) is 0 Å². The molecule has 0 bridgehead atoms. The zero-order valence-electron chi connectivity index (χ0n) is 23.8. The zero-order valence-corrected chi connectivity index (χ0v) is 27.4. The minimum atomic E-state index is -3.90. The predicted octanol–water partition coefficient (Wildman–Crippen LogP) is -2.83. The van der Waals surface area contributed by atoms with Gasteiger partial charge < -0.3 is 14.9 Å². The van der Waals surface area contributed by atoms with Crippen LogP contribution in [0.4, 0.5) is 14.6 Å². The molecule has 0 spiro atoms. The predicted molar refractivity (Wildman–Crippen MR) is 139 cm³/mol. The summed E-state index contributed by atoms with van der Waals surface area (Å²) in [6.45, 7) is 6.43. The van der Waals surface area contributed by atoms with Crippen LogP contribution in [0, 0.1) is 11.6 Å². The first-order valence-corrected chi connectivity index (χ1v) is 14.3. The van der Waals surface area contributed by atoms with E-state index in [0.717, 1.165) is 50.2 Å². The van der Waals surface area contributed by atoms with Gasteiger partial charge in [-0.2, -0.15) is 20.2 Å². The van der Waals surface area contributed by atoms with E-state index in [2.05, 4.69) is 19.4 Å². The summed E-state index contributed by atoms with van der Waals surface area (Å²) in [6, 6.07) is 1.02. The van der Waals surface area contributed by atoms with E-state index in [9.17, 15) is 35.2 Å². The normalized spacial score (nSPS) is 13.2. The Kier molecular flexibility index (Phi) is 18.2. The Balaban J connectivity index is 0. The van der Waals surface area contributed by atoms with Gasteiger partial charge in [-0.25, -0.2) is 31.3 Å². The summed E-state index contributed by atoms with van der Waals surface area (Å²) in [7, 11) is -4.76. The largest absolute Gasteiger partial charge is 1.00 e. The van der Waals surface area contributed by atoms with E-state index in [1.807, 2.05) is 4.72 Å². The van der Waals surface area contributed by atoms with Crippen LogP contribution in [0.5, 0.6) is 0 Å². The van der Waals surface area contributed by atoms with E-state index < -0.39 is 49.8 Å². The number of nitrogens with zero attached hydrogens (tertiary/aromatic N) is 3. The number of aromatic nitrogens is 2. The monoisotopic (exact) mass is 635 g/mol. The van der Waals surface area contributed by atoms with Gasteiger partial charge in [0.1, 0.15) is 23.0 Å². The number of carbonyl (C=O) groups excluding carboxylic acids is 2. The molecule has 3 N–H and O–H groups in total. The molecule has 41 heavy (non-hydrogen) atoms. The molecule has 0 aromatic carbocycles. The zero-order chi connectivity index (χ0) is 31.4. The second kappa shape index (κ2) is 18.3. The van der Waals surface area contributed by atoms with Gasteiger partial charge in [-0.3, -0.25) is 14.5 Å². The van der Waals surface area contributed by atoms with Gasteiger partial charge >= 0.3 is 45.7 Å². The third-order valence-corrected chi connectivity index (χ3v) is 7.41. The van der Waals surface area contributed by atoms with Gasteiger partial charge in [0.2, 0.25) is 10.0 Å². The van der Waals surface area contributed by atoms with Crippen LogP contribution in [-0.2, 0) is 30.7 Å². The van der Waals surface area contributed by atoms with Crippen molar-refractivity contribution in [2.75, 3.05) is 26.1 Å². The Morgan fingerprint density at radius 3 is 2.10 bits per heavy atom. The fourth-order valence-electron chi connectivity index (χ4n) is 3.06. The van der Waals surface area contributed by atoms with Gasteiger partial charge in [-0.1, -0.05) is 0 Å². The minimum Gasteiger partial charge on any atom is -0.857 e. The fourth-order valence-corrected chi connectivity index (χ4v) is 5.87. The molecule has 1 aliphatic heterocycles. The summed E-state index contributed by atoms with van der Waals surface area (Å²) < 4.78 is 82.5. The SMILES string of the molecule is CC(C)N1C(=O)c2cc(F)cnc2CS1(=O)=O.CO.COC(=O)c1cc(F)cnc1NS(=O)(=O)NC(C)C.C[O-].[Na+]. The average Bonchev–Trinajstić information content (AvgIpc) is 2.86. The Hall–Kier alpha value is -2.32. The molecule has 0 radical (unpaired) electrons. The number of hydrogen-bond donors (Lipinski definition) is 3. The molecule has 2 aromatic rings. The fraction of sp³-hybridized carbons (Fsp3) is 0.455. The van der Waals surface area contributed by atoms with Crippen molar-refractivity contribution in [1.29, 1.82) is 0 Å². The smallest absolute Gasteiger partial charge is 0.857 e. The first-order valence-electron chi connectivity index (χ1n) is 11.2. The molecular formula is C22H32F2N5NaO9S2. The number of ether oxygens (including phenoxy) is 1. The van der Waals surface area contributed by atoms with Crippen LogP contribution >= 0.6 is 0 Å². The van der Waals surface area contributed by atoms with Crippen molar-refractivity contribution in [1.82, 2.24) is 19.0 Å². The van der Waals surface area contributed by atoms with Crippen LogP contribution in [0.1, 0.15) is 54.1 Å². The van der Waals surface area contributed by atoms with Crippen molar-refractivity contribution in [3.8, 4) is 0 Å². The molecule has 0 aliphatic carbocycles. The first kappa shape index (κ1) is 40.8. The van der Waals surface area contributed by atoms with Crippen molar-refractivity contribution in [3.63, 3.8) is 0 Å². The number of anilines is 1. The van der Waals surface area contributed by atoms with Crippen LogP contribution in [0.2, 0.25) is 0 Å². The molecule has 1 aliphatic rings. The Labute approximate surface area is 260 Å². The molecule has 0 saturated heterocycles. The standard InChI is InChI=1S/C10H14FN3O4S.C10H11FN2O3S.CH4O.CH3O.Na/c1-6(2)13-19(16,17)14-9-8(10(15)18-3)4-7(11)5-12-9;1-6(2)13-10(14)8-3-7(11)4-12-9(8)5-17(13,15)16;2*1-2;/h4-6,13H,1-3H3,(H,12,14);3-4,6H,5H2,1-2H3;2H,1H3;1H3;/q;;;-1;+1. The molecule has 226 valence electrons. The molecule has 0 saturated carbocycles. The number of rotatable bonds is 6. The van der Waals surface area contributed by atoms with Gasteiger partial charge in [0.25, 0.3) is 5.91 Å².